The second-order valence-corrected chi connectivity index (χ2v) is 8.50. The van der Waals surface area contributed by atoms with Crippen LogP contribution in [0.1, 0.15) is 29.2 Å². The Bertz CT molecular complexity index is 1290. The number of fused-ring (bicyclic) bond motifs is 3. The number of esters is 1. The number of benzene rings is 4. The molecule has 0 N–H and O–H groups in total. The quantitative estimate of drug-likeness (QED) is 0.162. The van der Waals surface area contributed by atoms with Crippen molar-refractivity contribution in [1.82, 2.24) is 0 Å². The molecular formula is C31H26O3. The molecular weight excluding hydrogens is 420 g/mol. The third-order valence-corrected chi connectivity index (χ3v) is 6.38. The van der Waals surface area contributed by atoms with Gasteiger partial charge in [-0.1, -0.05) is 97.6 Å². The van der Waals surface area contributed by atoms with E-state index in [1.165, 1.54) is 33.4 Å². The summed E-state index contributed by atoms with van der Waals surface area (Å²) in [4.78, 5) is 11.5. The molecule has 34 heavy (non-hydrogen) atoms. The van der Waals surface area contributed by atoms with Crippen LogP contribution < -0.4 is 4.74 Å². The lowest BCUT2D eigenvalue weighted by Gasteiger charge is -2.33. The monoisotopic (exact) mass is 446 g/mol. The zero-order valence-electron chi connectivity index (χ0n) is 19.2. The van der Waals surface area contributed by atoms with Crippen LogP contribution in [0, 0.1) is 0 Å². The van der Waals surface area contributed by atoms with Crippen molar-refractivity contribution >= 4 is 5.97 Å². The van der Waals surface area contributed by atoms with Crippen LogP contribution in [-0.4, -0.2) is 19.2 Å². The summed E-state index contributed by atoms with van der Waals surface area (Å²) in [5.41, 5.74) is 7.47. The summed E-state index contributed by atoms with van der Waals surface area (Å²) in [7, 11) is 0. The van der Waals surface area contributed by atoms with Gasteiger partial charge in [-0.3, -0.25) is 0 Å². The van der Waals surface area contributed by atoms with Gasteiger partial charge in [0.2, 0.25) is 0 Å². The molecule has 0 amide bonds. The first-order valence-electron chi connectivity index (χ1n) is 11.4. The zero-order chi connectivity index (χ0) is 23.5. The van der Waals surface area contributed by atoms with E-state index in [2.05, 4.69) is 97.6 Å². The van der Waals surface area contributed by atoms with Gasteiger partial charge in [-0.25, -0.2) is 4.79 Å². The number of rotatable bonds is 7. The highest BCUT2D eigenvalue weighted by molar-refractivity contribution is 5.87. The van der Waals surface area contributed by atoms with Gasteiger partial charge in [-0.2, -0.15) is 0 Å². The van der Waals surface area contributed by atoms with E-state index >= 15 is 0 Å². The van der Waals surface area contributed by atoms with E-state index in [-0.39, 0.29) is 13.2 Å². The fourth-order valence-corrected chi connectivity index (χ4v) is 4.93. The highest BCUT2D eigenvalue weighted by Gasteiger charge is 2.45. The molecule has 5 rings (SSSR count). The first-order chi connectivity index (χ1) is 16.6. The Morgan fingerprint density at radius 1 is 0.706 bits per heavy atom. The summed E-state index contributed by atoms with van der Waals surface area (Å²) in [6.45, 7) is 5.68. The van der Waals surface area contributed by atoms with E-state index in [0.717, 1.165) is 5.75 Å². The third-order valence-electron chi connectivity index (χ3n) is 6.38. The maximum absolute atomic E-state index is 11.5. The third kappa shape index (κ3) is 3.60. The topological polar surface area (TPSA) is 35.5 Å². The molecule has 4 aromatic rings. The summed E-state index contributed by atoms with van der Waals surface area (Å²) in [6, 6.07) is 36.3. The molecule has 0 atom stereocenters. The van der Waals surface area contributed by atoms with Gasteiger partial charge in [-0.15, -0.1) is 0 Å². The van der Waals surface area contributed by atoms with E-state index in [0.29, 0.717) is 5.57 Å². The van der Waals surface area contributed by atoms with E-state index in [9.17, 15) is 4.79 Å². The average molecular weight is 447 g/mol. The molecule has 0 saturated carbocycles. The summed E-state index contributed by atoms with van der Waals surface area (Å²) in [6.07, 6.45) is 0. The Kier molecular flexibility index (Phi) is 5.77. The second-order valence-electron chi connectivity index (χ2n) is 8.50. The molecule has 3 nitrogen and oxygen atoms in total. The van der Waals surface area contributed by atoms with Crippen molar-refractivity contribution in [3.8, 4) is 16.9 Å². The SMILES string of the molecule is C=C(C)C(=O)OCCOc1ccc(C2(c3ccccc3)c3ccccc3-c3ccccc32)cc1. The highest BCUT2D eigenvalue weighted by atomic mass is 16.6. The number of carbonyl (C=O) groups excluding carboxylic acids is 1. The number of ether oxygens (including phenoxy) is 2. The zero-order valence-corrected chi connectivity index (χ0v) is 19.2. The molecule has 0 unspecified atom stereocenters. The molecule has 0 saturated heterocycles. The van der Waals surface area contributed by atoms with E-state index < -0.39 is 11.4 Å². The predicted molar refractivity (Wildman–Crippen MR) is 135 cm³/mol. The van der Waals surface area contributed by atoms with Crippen LogP contribution in [-0.2, 0) is 14.9 Å². The Morgan fingerprint density at radius 2 is 1.24 bits per heavy atom. The smallest absolute Gasteiger partial charge is 0.333 e. The van der Waals surface area contributed by atoms with Crippen molar-refractivity contribution in [1.29, 1.82) is 0 Å². The predicted octanol–water partition coefficient (Wildman–Crippen LogP) is 6.55. The van der Waals surface area contributed by atoms with Crippen LogP contribution in [0.3, 0.4) is 0 Å². The summed E-state index contributed by atoms with van der Waals surface area (Å²) < 4.78 is 10.9. The molecule has 4 aromatic carbocycles. The minimum atomic E-state index is -0.413. The maximum atomic E-state index is 11.5. The summed E-state index contributed by atoms with van der Waals surface area (Å²) >= 11 is 0. The average Bonchev–Trinajstić information content (AvgIpc) is 3.19. The largest absolute Gasteiger partial charge is 0.490 e. The first-order valence-corrected chi connectivity index (χ1v) is 11.4. The van der Waals surface area contributed by atoms with Crippen LogP contribution in [0.5, 0.6) is 5.75 Å². The minimum absolute atomic E-state index is 0.183. The highest BCUT2D eigenvalue weighted by Crippen LogP contribution is 2.55. The first kappa shape index (κ1) is 21.7. The molecule has 1 aliphatic rings. The molecule has 0 bridgehead atoms. The van der Waals surface area contributed by atoms with Crippen molar-refractivity contribution in [2.75, 3.05) is 13.2 Å². The summed E-state index contributed by atoms with van der Waals surface area (Å²) in [5.74, 6) is 0.334. The molecule has 0 spiro atoms. The lowest BCUT2D eigenvalue weighted by molar-refractivity contribution is -0.139. The van der Waals surface area contributed by atoms with E-state index in [4.69, 9.17) is 9.47 Å². The lowest BCUT2D eigenvalue weighted by atomic mass is 9.68. The number of hydrogen-bond acceptors (Lipinski definition) is 3. The lowest BCUT2D eigenvalue weighted by Crippen LogP contribution is -2.28. The minimum Gasteiger partial charge on any atom is -0.490 e. The fourth-order valence-electron chi connectivity index (χ4n) is 4.93. The van der Waals surface area contributed by atoms with Gasteiger partial charge in [0.15, 0.2) is 0 Å². The second kappa shape index (κ2) is 9.03. The van der Waals surface area contributed by atoms with Crippen molar-refractivity contribution in [2.24, 2.45) is 0 Å². The maximum Gasteiger partial charge on any atom is 0.333 e. The van der Waals surface area contributed by atoms with E-state index in [1.54, 1.807) is 6.92 Å². The van der Waals surface area contributed by atoms with Gasteiger partial charge in [0.1, 0.15) is 19.0 Å². The molecule has 0 aliphatic heterocycles. The van der Waals surface area contributed by atoms with Crippen molar-refractivity contribution < 1.29 is 14.3 Å². The molecule has 0 aromatic heterocycles. The Balaban J connectivity index is 1.53. The van der Waals surface area contributed by atoms with Crippen LogP contribution in [0.25, 0.3) is 11.1 Å². The van der Waals surface area contributed by atoms with Crippen molar-refractivity contribution in [3.05, 3.63) is 138 Å². The standard InChI is InChI=1S/C31H26O3/c1-22(2)30(32)34-21-20-33-25-18-16-24(17-19-25)31(23-10-4-3-5-11-23)28-14-8-6-12-26(28)27-13-7-9-15-29(27)31/h3-19H,1,20-21H2,2H3. The fraction of sp³-hybridized carbons (Fsp3) is 0.129. The van der Waals surface area contributed by atoms with Crippen LogP contribution >= 0.6 is 0 Å². The van der Waals surface area contributed by atoms with E-state index in [1.807, 2.05) is 12.1 Å². The van der Waals surface area contributed by atoms with Crippen molar-refractivity contribution in [3.63, 3.8) is 0 Å². The van der Waals surface area contributed by atoms with Crippen LogP contribution in [0.2, 0.25) is 0 Å². The number of hydrogen-bond donors (Lipinski definition) is 0. The number of carbonyl (C=O) groups is 1. The van der Waals surface area contributed by atoms with Gasteiger partial charge in [0, 0.05) is 5.57 Å². The molecule has 3 heteroatoms. The van der Waals surface area contributed by atoms with Crippen LogP contribution in [0.4, 0.5) is 0 Å². The van der Waals surface area contributed by atoms with Gasteiger partial charge in [0.05, 0.1) is 5.41 Å². The van der Waals surface area contributed by atoms with Crippen LogP contribution in [0.15, 0.2) is 115 Å². The summed E-state index contributed by atoms with van der Waals surface area (Å²) in [5, 5.41) is 0. The molecule has 0 radical (unpaired) electrons. The molecule has 1 aliphatic carbocycles. The Labute approximate surface area is 200 Å². The van der Waals surface area contributed by atoms with Gasteiger partial charge in [-0.05, 0) is 52.4 Å². The van der Waals surface area contributed by atoms with Crippen molar-refractivity contribution in [2.45, 2.75) is 12.3 Å². The molecule has 0 fully saturated rings. The molecule has 168 valence electrons. The molecule has 0 heterocycles. The normalized spacial score (nSPS) is 13.0. The van der Waals surface area contributed by atoms with Gasteiger partial charge in [0.25, 0.3) is 0 Å². The van der Waals surface area contributed by atoms with Gasteiger partial charge < -0.3 is 9.47 Å². The Hall–Kier alpha value is -4.11. The Morgan fingerprint density at radius 3 is 1.82 bits per heavy atom. The van der Waals surface area contributed by atoms with Gasteiger partial charge >= 0.3 is 5.97 Å².